The highest BCUT2D eigenvalue weighted by Gasteiger charge is 2.35. The Balaban J connectivity index is 1.86. The lowest BCUT2D eigenvalue weighted by Crippen LogP contribution is -2.43. The van der Waals surface area contributed by atoms with Crippen LogP contribution < -0.4 is 10.2 Å². The van der Waals surface area contributed by atoms with Gasteiger partial charge in [0.2, 0.25) is 0 Å². The van der Waals surface area contributed by atoms with Gasteiger partial charge in [0.1, 0.15) is 5.60 Å². The third-order valence-electron chi connectivity index (χ3n) is 3.91. The molecule has 1 aliphatic heterocycles. The molecule has 0 amide bonds. The van der Waals surface area contributed by atoms with Crippen molar-refractivity contribution in [3.63, 3.8) is 0 Å². The Kier molecular flexibility index (Phi) is 3.34. The number of carbonyl (C=O) groups excluding carboxylic acids is 1. The van der Waals surface area contributed by atoms with Crippen molar-refractivity contribution in [1.29, 1.82) is 0 Å². The first kappa shape index (κ1) is 14.2. The maximum absolute atomic E-state index is 12.2. The smallest absolute Gasteiger partial charge is 0.338 e. The number of rotatable bonds is 2. The number of carbonyl (C=O) groups is 1. The van der Waals surface area contributed by atoms with E-state index in [2.05, 4.69) is 23.2 Å². The van der Waals surface area contributed by atoms with E-state index in [1.165, 1.54) is 18.5 Å². The maximum Gasteiger partial charge on any atom is 0.338 e. The standard InChI is InChI=1S/C17H24N2O2/c1-11-10-18-14-9-12(16(20)21-17(2,3)4)5-8-15(14)19(11)13-6-7-13/h5,8-9,11,13,18H,6-7,10H2,1-4H3. The number of fused-ring (bicyclic) bond motifs is 1. The second-order valence-electron chi connectivity index (χ2n) is 7.10. The van der Waals surface area contributed by atoms with Crippen LogP contribution in [0.1, 0.15) is 50.9 Å². The van der Waals surface area contributed by atoms with Gasteiger partial charge in [-0.05, 0) is 58.7 Å². The van der Waals surface area contributed by atoms with Gasteiger partial charge < -0.3 is 15.0 Å². The normalized spacial score (nSPS) is 21.5. The van der Waals surface area contributed by atoms with E-state index in [0.29, 0.717) is 17.6 Å². The van der Waals surface area contributed by atoms with E-state index in [4.69, 9.17) is 4.74 Å². The van der Waals surface area contributed by atoms with Crippen molar-refractivity contribution in [2.45, 2.75) is 58.2 Å². The molecule has 1 unspecified atom stereocenters. The van der Waals surface area contributed by atoms with Crippen molar-refractivity contribution in [1.82, 2.24) is 0 Å². The predicted octanol–water partition coefficient (Wildman–Crippen LogP) is 3.42. The number of hydrogen-bond donors (Lipinski definition) is 1. The van der Waals surface area contributed by atoms with Gasteiger partial charge in [-0.25, -0.2) is 4.79 Å². The summed E-state index contributed by atoms with van der Waals surface area (Å²) < 4.78 is 5.44. The van der Waals surface area contributed by atoms with Crippen molar-refractivity contribution in [3.05, 3.63) is 23.8 Å². The summed E-state index contributed by atoms with van der Waals surface area (Å²) in [5.41, 5.74) is 2.41. The van der Waals surface area contributed by atoms with Crippen molar-refractivity contribution in [3.8, 4) is 0 Å². The fourth-order valence-corrected chi connectivity index (χ4v) is 2.87. The van der Waals surface area contributed by atoms with E-state index in [1.807, 2.05) is 32.9 Å². The number of ether oxygens (including phenoxy) is 1. The molecule has 0 aromatic heterocycles. The average molecular weight is 288 g/mol. The molecule has 21 heavy (non-hydrogen) atoms. The zero-order valence-electron chi connectivity index (χ0n) is 13.3. The number of nitrogens with one attached hydrogen (secondary N) is 1. The highest BCUT2D eigenvalue weighted by molar-refractivity contribution is 5.93. The van der Waals surface area contributed by atoms with Crippen molar-refractivity contribution in [2.75, 3.05) is 16.8 Å². The lowest BCUT2D eigenvalue weighted by molar-refractivity contribution is 0.00696. The summed E-state index contributed by atoms with van der Waals surface area (Å²) in [7, 11) is 0. The van der Waals surface area contributed by atoms with Gasteiger partial charge in [0.25, 0.3) is 0 Å². The predicted molar refractivity (Wildman–Crippen MR) is 85.1 cm³/mol. The molecule has 1 fully saturated rings. The molecule has 1 atom stereocenters. The SMILES string of the molecule is CC1CNc2cc(C(=O)OC(C)(C)C)ccc2N1C1CC1. The van der Waals surface area contributed by atoms with Crippen LogP contribution in [0.4, 0.5) is 11.4 Å². The highest BCUT2D eigenvalue weighted by atomic mass is 16.6. The average Bonchev–Trinajstić information content (AvgIpc) is 3.20. The molecule has 4 heteroatoms. The summed E-state index contributed by atoms with van der Waals surface area (Å²) in [6.45, 7) is 8.82. The van der Waals surface area contributed by atoms with Crippen molar-refractivity contribution in [2.24, 2.45) is 0 Å². The minimum Gasteiger partial charge on any atom is -0.456 e. The van der Waals surface area contributed by atoms with Gasteiger partial charge in [-0.2, -0.15) is 0 Å². The lowest BCUT2D eigenvalue weighted by Gasteiger charge is -2.38. The third-order valence-corrected chi connectivity index (χ3v) is 3.91. The van der Waals surface area contributed by atoms with E-state index >= 15 is 0 Å². The van der Waals surface area contributed by atoms with Crippen LogP contribution in [-0.2, 0) is 4.74 Å². The lowest BCUT2D eigenvalue weighted by atomic mass is 10.1. The van der Waals surface area contributed by atoms with Crippen LogP contribution in [0.25, 0.3) is 0 Å². The molecule has 1 aromatic carbocycles. The second-order valence-corrected chi connectivity index (χ2v) is 7.10. The van der Waals surface area contributed by atoms with Gasteiger partial charge in [-0.1, -0.05) is 0 Å². The molecule has 0 bridgehead atoms. The van der Waals surface area contributed by atoms with E-state index in [-0.39, 0.29) is 5.97 Å². The molecule has 1 heterocycles. The zero-order valence-corrected chi connectivity index (χ0v) is 13.3. The van der Waals surface area contributed by atoms with Crippen LogP contribution in [0.5, 0.6) is 0 Å². The number of benzene rings is 1. The van der Waals surface area contributed by atoms with Gasteiger partial charge in [0.05, 0.1) is 16.9 Å². The molecule has 0 spiro atoms. The second kappa shape index (κ2) is 4.93. The molecular formula is C17H24N2O2. The first-order valence-electron chi connectivity index (χ1n) is 7.75. The fourth-order valence-electron chi connectivity index (χ4n) is 2.87. The minimum absolute atomic E-state index is 0.260. The van der Waals surface area contributed by atoms with E-state index in [9.17, 15) is 4.79 Å². The minimum atomic E-state index is -0.463. The Morgan fingerprint density at radius 1 is 1.33 bits per heavy atom. The molecule has 0 radical (unpaired) electrons. The Morgan fingerprint density at radius 2 is 2.05 bits per heavy atom. The van der Waals surface area contributed by atoms with Gasteiger partial charge in [-0.3, -0.25) is 0 Å². The number of hydrogen-bond acceptors (Lipinski definition) is 4. The van der Waals surface area contributed by atoms with Gasteiger partial charge in [0, 0.05) is 18.6 Å². The summed E-state index contributed by atoms with van der Waals surface area (Å²) in [4.78, 5) is 14.7. The van der Waals surface area contributed by atoms with Crippen molar-refractivity contribution < 1.29 is 9.53 Å². The summed E-state index contributed by atoms with van der Waals surface area (Å²) in [5, 5.41) is 3.43. The number of nitrogens with zero attached hydrogens (tertiary/aromatic N) is 1. The first-order chi connectivity index (χ1) is 9.85. The molecule has 1 aliphatic carbocycles. The molecule has 3 rings (SSSR count). The van der Waals surface area contributed by atoms with Crippen LogP contribution in [0.15, 0.2) is 18.2 Å². The Hall–Kier alpha value is -1.71. The molecule has 1 saturated carbocycles. The Bertz CT molecular complexity index is 558. The van der Waals surface area contributed by atoms with E-state index in [0.717, 1.165) is 12.2 Å². The number of anilines is 2. The Morgan fingerprint density at radius 3 is 2.67 bits per heavy atom. The monoisotopic (exact) mass is 288 g/mol. The molecule has 1 aromatic rings. The summed E-state index contributed by atoms with van der Waals surface area (Å²) >= 11 is 0. The summed E-state index contributed by atoms with van der Waals surface area (Å²) in [5.74, 6) is -0.260. The van der Waals surface area contributed by atoms with Crippen LogP contribution >= 0.6 is 0 Å². The molecule has 1 N–H and O–H groups in total. The molecule has 2 aliphatic rings. The molecular weight excluding hydrogens is 264 g/mol. The van der Waals surface area contributed by atoms with Crippen LogP contribution in [-0.4, -0.2) is 30.2 Å². The topological polar surface area (TPSA) is 41.6 Å². The Labute approximate surface area is 126 Å². The number of esters is 1. The third kappa shape index (κ3) is 2.99. The molecule has 114 valence electrons. The molecule has 0 saturated heterocycles. The zero-order chi connectivity index (χ0) is 15.2. The van der Waals surface area contributed by atoms with Crippen molar-refractivity contribution >= 4 is 17.3 Å². The quantitative estimate of drug-likeness (QED) is 0.847. The van der Waals surface area contributed by atoms with Crippen LogP contribution in [0.2, 0.25) is 0 Å². The van der Waals surface area contributed by atoms with Crippen LogP contribution in [0, 0.1) is 0 Å². The maximum atomic E-state index is 12.2. The van der Waals surface area contributed by atoms with Gasteiger partial charge in [-0.15, -0.1) is 0 Å². The van der Waals surface area contributed by atoms with E-state index < -0.39 is 5.60 Å². The fraction of sp³-hybridized carbons (Fsp3) is 0.588. The largest absolute Gasteiger partial charge is 0.456 e. The summed E-state index contributed by atoms with van der Waals surface area (Å²) in [6, 6.07) is 7.02. The van der Waals surface area contributed by atoms with Gasteiger partial charge >= 0.3 is 5.97 Å². The summed E-state index contributed by atoms with van der Waals surface area (Å²) in [6.07, 6.45) is 2.55. The molecule has 4 nitrogen and oxygen atoms in total. The van der Waals surface area contributed by atoms with E-state index in [1.54, 1.807) is 0 Å². The first-order valence-corrected chi connectivity index (χ1v) is 7.75. The van der Waals surface area contributed by atoms with Crippen LogP contribution in [0.3, 0.4) is 0 Å². The highest BCUT2D eigenvalue weighted by Crippen LogP contribution is 2.40. The van der Waals surface area contributed by atoms with Gasteiger partial charge in [0.15, 0.2) is 0 Å².